The van der Waals surface area contributed by atoms with E-state index in [2.05, 4.69) is 14.1 Å². The zero-order valence-electron chi connectivity index (χ0n) is 26.1. The van der Waals surface area contributed by atoms with Crippen molar-refractivity contribution in [3.05, 3.63) is 71.8 Å². The second-order valence-electron chi connectivity index (χ2n) is 14.6. The van der Waals surface area contributed by atoms with Crippen molar-refractivity contribution in [1.29, 1.82) is 0 Å². The predicted octanol–water partition coefficient (Wildman–Crippen LogP) is 4.49. The van der Waals surface area contributed by atoms with Gasteiger partial charge in [-0.25, -0.2) is 4.79 Å². The third-order valence-electron chi connectivity index (χ3n) is 11.8. The quantitative estimate of drug-likeness (QED) is 0.239. The third kappa shape index (κ3) is 4.59. The zero-order chi connectivity index (χ0) is 30.6. The molecular formula is C36H46N2O6+2. The summed E-state index contributed by atoms with van der Waals surface area (Å²) in [6.45, 7) is 4.33. The van der Waals surface area contributed by atoms with E-state index in [-0.39, 0.29) is 30.5 Å². The van der Waals surface area contributed by atoms with Crippen molar-refractivity contribution in [3.8, 4) is 0 Å². The number of rotatable bonds is 9. The van der Waals surface area contributed by atoms with Crippen LogP contribution in [0, 0.1) is 5.41 Å². The number of nitrogens with zero attached hydrogens (tertiary/aromatic N) is 2. The number of hydrogen-bond donors (Lipinski definition) is 0. The van der Waals surface area contributed by atoms with Gasteiger partial charge < -0.3 is 23.2 Å². The lowest BCUT2D eigenvalue weighted by Crippen LogP contribution is -2.94. The van der Waals surface area contributed by atoms with Gasteiger partial charge in [0.05, 0.1) is 46.6 Å². The molecule has 0 amide bonds. The lowest BCUT2D eigenvalue weighted by atomic mass is 9.39. The fraction of sp³-hybridized carbons (Fsp3) is 0.583. The monoisotopic (exact) mass is 602 g/mol. The van der Waals surface area contributed by atoms with Crippen LogP contribution in [-0.2, 0) is 34.2 Å². The van der Waals surface area contributed by atoms with Gasteiger partial charge in [0.2, 0.25) is 0 Å². The van der Waals surface area contributed by atoms with Crippen LogP contribution in [-0.4, -0.2) is 91.4 Å². The molecule has 8 heteroatoms. The van der Waals surface area contributed by atoms with Crippen molar-refractivity contribution in [3.63, 3.8) is 0 Å². The van der Waals surface area contributed by atoms with Crippen LogP contribution in [0.25, 0.3) is 0 Å². The highest BCUT2D eigenvalue weighted by atomic mass is 16.6. The van der Waals surface area contributed by atoms with Crippen LogP contribution in [0.2, 0.25) is 0 Å². The minimum absolute atomic E-state index is 0.0826. The van der Waals surface area contributed by atoms with E-state index in [1.807, 2.05) is 36.4 Å². The largest absolute Gasteiger partial charge is 0.458 e. The van der Waals surface area contributed by atoms with Crippen LogP contribution in [0.5, 0.6) is 0 Å². The summed E-state index contributed by atoms with van der Waals surface area (Å²) >= 11 is 0. The van der Waals surface area contributed by atoms with Crippen LogP contribution in [0.4, 0.5) is 0 Å². The highest BCUT2D eigenvalue weighted by molar-refractivity contribution is 5.89. The summed E-state index contributed by atoms with van der Waals surface area (Å²) in [7, 11) is 4.27. The Labute approximate surface area is 260 Å². The maximum absolute atomic E-state index is 14.5. The van der Waals surface area contributed by atoms with E-state index in [1.54, 1.807) is 24.3 Å². The molecule has 0 aromatic heterocycles. The van der Waals surface area contributed by atoms with Gasteiger partial charge in [-0.2, -0.15) is 0 Å². The predicted molar refractivity (Wildman–Crippen MR) is 163 cm³/mol. The average molecular weight is 603 g/mol. The fourth-order valence-electron chi connectivity index (χ4n) is 9.70. The van der Waals surface area contributed by atoms with Crippen molar-refractivity contribution >= 4 is 17.9 Å². The first-order valence-corrected chi connectivity index (χ1v) is 16.6. The van der Waals surface area contributed by atoms with Crippen LogP contribution in [0.1, 0.15) is 68.9 Å². The molecule has 2 aromatic rings. The van der Waals surface area contributed by atoms with Gasteiger partial charge in [0.1, 0.15) is 30.1 Å². The highest BCUT2D eigenvalue weighted by Crippen LogP contribution is 2.73. The summed E-state index contributed by atoms with van der Waals surface area (Å²) in [6, 6.07) is 19.5. The van der Waals surface area contributed by atoms with E-state index in [0.29, 0.717) is 23.2 Å². The van der Waals surface area contributed by atoms with Crippen molar-refractivity contribution in [2.75, 3.05) is 40.3 Å². The fourth-order valence-corrected chi connectivity index (χ4v) is 9.70. The van der Waals surface area contributed by atoms with E-state index < -0.39 is 23.5 Å². The molecule has 234 valence electrons. The maximum atomic E-state index is 14.5. The SMILES string of the molecule is C[N+]1(C)CCCC(OC(=O)CCC(=O)OC(C(=O)OC2CC3C24CCC4[N+]32CCCC2)(c2ccccc2)c2ccccc2)C1. The number of piperidine rings is 3. The van der Waals surface area contributed by atoms with Gasteiger partial charge in [-0.15, -0.1) is 0 Å². The van der Waals surface area contributed by atoms with Gasteiger partial charge in [-0.05, 0) is 12.8 Å². The van der Waals surface area contributed by atoms with Crippen molar-refractivity contribution in [2.45, 2.75) is 87.7 Å². The number of esters is 3. The van der Waals surface area contributed by atoms with E-state index in [9.17, 15) is 14.4 Å². The van der Waals surface area contributed by atoms with Gasteiger partial charge in [-0.1, -0.05) is 60.7 Å². The Morgan fingerprint density at radius 2 is 1.43 bits per heavy atom. The molecule has 5 aliphatic rings. The third-order valence-corrected chi connectivity index (χ3v) is 11.8. The molecule has 0 bridgehead atoms. The smallest absolute Gasteiger partial charge is 0.360 e. The van der Waals surface area contributed by atoms with E-state index in [4.69, 9.17) is 14.2 Å². The van der Waals surface area contributed by atoms with E-state index >= 15 is 0 Å². The first kappa shape index (κ1) is 29.5. The topological polar surface area (TPSA) is 78.9 Å². The van der Waals surface area contributed by atoms with Crippen LogP contribution >= 0.6 is 0 Å². The number of likely N-dealkylation sites (N-methyl/N-ethyl adjacent to an activating group) is 1. The van der Waals surface area contributed by atoms with Crippen LogP contribution in [0.3, 0.4) is 0 Å². The molecule has 0 N–H and O–H groups in total. The molecule has 8 nitrogen and oxygen atoms in total. The van der Waals surface area contributed by atoms with Crippen LogP contribution < -0.4 is 0 Å². The minimum Gasteiger partial charge on any atom is -0.458 e. The molecule has 44 heavy (non-hydrogen) atoms. The Kier molecular flexibility index (Phi) is 7.36. The molecule has 2 aromatic carbocycles. The lowest BCUT2D eigenvalue weighted by molar-refractivity contribution is -1.05. The first-order chi connectivity index (χ1) is 21.2. The van der Waals surface area contributed by atoms with Crippen molar-refractivity contribution < 1.29 is 37.6 Å². The van der Waals surface area contributed by atoms with Crippen LogP contribution in [0.15, 0.2) is 60.7 Å². The molecule has 3 aliphatic heterocycles. The van der Waals surface area contributed by atoms with E-state index in [1.165, 1.54) is 36.8 Å². The molecule has 7 rings (SSSR count). The zero-order valence-corrected chi connectivity index (χ0v) is 26.1. The molecule has 5 atom stereocenters. The molecule has 5 fully saturated rings. The normalized spacial score (nSPS) is 30.9. The van der Waals surface area contributed by atoms with Gasteiger partial charge in [0.25, 0.3) is 5.60 Å². The minimum atomic E-state index is -1.78. The van der Waals surface area contributed by atoms with E-state index in [0.717, 1.165) is 43.3 Å². The van der Waals surface area contributed by atoms with Crippen molar-refractivity contribution in [1.82, 2.24) is 0 Å². The van der Waals surface area contributed by atoms with Gasteiger partial charge >= 0.3 is 17.9 Å². The lowest BCUT2D eigenvalue weighted by Gasteiger charge is -2.80. The number of fused-ring (bicyclic) bond motifs is 2. The summed E-state index contributed by atoms with van der Waals surface area (Å²) < 4.78 is 20.5. The Bertz CT molecular complexity index is 1350. The Hall–Kier alpha value is -3.23. The number of carbonyl (C=O) groups excluding carboxylic acids is 3. The number of benzene rings is 2. The summed E-state index contributed by atoms with van der Waals surface area (Å²) in [6.07, 6.45) is 6.98. The molecule has 5 unspecified atom stereocenters. The second-order valence-corrected chi connectivity index (χ2v) is 14.6. The molecule has 0 radical (unpaired) electrons. The standard InChI is InChI=1S/C36H46N2O6/c1-37(2)21-11-16-28(25-37)42-32(39)17-18-33(40)44-36(26-12-5-3-6-13-26,27-14-7-4-8-15-27)34(41)43-31-24-30-35(31)20-19-29(35)38(30)22-9-10-23-38/h3-8,12-15,28-31H,9-11,16-25H2,1-2H3/q+2. The first-order valence-electron chi connectivity index (χ1n) is 16.6. The molecule has 3 saturated heterocycles. The maximum Gasteiger partial charge on any atom is 0.360 e. The summed E-state index contributed by atoms with van der Waals surface area (Å²) in [5, 5.41) is 0. The number of ether oxygens (including phenoxy) is 3. The second kappa shape index (κ2) is 11.0. The van der Waals surface area contributed by atoms with Gasteiger partial charge in [0.15, 0.2) is 6.10 Å². The molecular weight excluding hydrogens is 556 g/mol. The Morgan fingerprint density at radius 1 is 0.795 bits per heavy atom. The van der Waals surface area contributed by atoms with Crippen molar-refractivity contribution in [2.24, 2.45) is 5.41 Å². The van der Waals surface area contributed by atoms with Gasteiger partial charge in [-0.3, -0.25) is 9.59 Å². The Morgan fingerprint density at radius 3 is 2.00 bits per heavy atom. The molecule has 2 spiro atoms. The molecule has 2 aliphatic carbocycles. The number of likely N-dealkylation sites (tertiary alicyclic amines) is 1. The number of quaternary nitrogens is 2. The highest BCUT2D eigenvalue weighted by Gasteiger charge is 2.86. The summed E-state index contributed by atoms with van der Waals surface area (Å²) in [5.74, 6) is -1.61. The summed E-state index contributed by atoms with van der Waals surface area (Å²) in [5.41, 5.74) is -0.632. The molecule has 3 heterocycles. The Balaban J connectivity index is 1.10. The number of carbonyl (C=O) groups is 3. The molecule has 2 saturated carbocycles. The number of hydrogen-bond acceptors (Lipinski definition) is 6. The summed E-state index contributed by atoms with van der Waals surface area (Å²) in [4.78, 5) is 40.9. The average Bonchev–Trinajstić information content (AvgIpc) is 3.46. The van der Waals surface area contributed by atoms with Gasteiger partial charge in [0, 0.05) is 43.2 Å².